The lowest BCUT2D eigenvalue weighted by atomic mass is 9.48. The van der Waals surface area contributed by atoms with Gasteiger partial charge in [0, 0.05) is 36.7 Å². The number of ether oxygens (including phenoxy) is 2. The van der Waals surface area contributed by atoms with Gasteiger partial charge < -0.3 is 19.5 Å². The van der Waals surface area contributed by atoms with Crippen molar-refractivity contribution in [3.8, 4) is 23.3 Å². The van der Waals surface area contributed by atoms with E-state index < -0.39 is 11.0 Å². The van der Waals surface area contributed by atoms with Crippen molar-refractivity contribution in [1.29, 1.82) is 0 Å². The highest BCUT2D eigenvalue weighted by Crippen LogP contribution is 2.66. The van der Waals surface area contributed by atoms with Gasteiger partial charge in [-0.25, -0.2) is 0 Å². The van der Waals surface area contributed by atoms with Crippen LogP contribution in [-0.4, -0.2) is 71.8 Å². The Morgan fingerprint density at radius 2 is 2.00 bits per heavy atom. The van der Waals surface area contributed by atoms with Crippen LogP contribution in [0.25, 0.3) is 0 Å². The van der Waals surface area contributed by atoms with E-state index in [-0.39, 0.29) is 24.1 Å². The second-order valence-corrected chi connectivity index (χ2v) is 11.6. The fourth-order valence-electron chi connectivity index (χ4n) is 7.89. The average Bonchev–Trinajstić information content (AvgIpc) is 3.66. The summed E-state index contributed by atoms with van der Waals surface area (Å²) in [6.07, 6.45) is 5.23. The van der Waals surface area contributed by atoms with Crippen molar-refractivity contribution in [2.75, 3.05) is 27.2 Å². The fraction of sp³-hybridized carbons (Fsp3) is 0.516. The molecule has 1 saturated heterocycles. The molecule has 2 aromatic carbocycles. The molecule has 0 radical (unpaired) electrons. The number of nitrogens with zero attached hydrogens (tertiary/aromatic N) is 2. The molecule has 7 rings (SSSR count). The summed E-state index contributed by atoms with van der Waals surface area (Å²) in [6.45, 7) is 2.02. The maximum Gasteiger partial charge on any atom is 0.298 e. The lowest BCUT2D eigenvalue weighted by Gasteiger charge is -2.64. The lowest BCUT2D eigenvalue weighted by Crippen LogP contribution is -2.78. The average molecular weight is 499 g/mol. The summed E-state index contributed by atoms with van der Waals surface area (Å²) in [4.78, 5) is 17.6. The molecular formula is C31H34N2O4. The Kier molecular flexibility index (Phi) is 5.15. The van der Waals surface area contributed by atoms with Gasteiger partial charge in [-0.15, -0.1) is 0 Å². The third kappa shape index (κ3) is 3.23. The van der Waals surface area contributed by atoms with Gasteiger partial charge in [0.15, 0.2) is 11.5 Å². The van der Waals surface area contributed by atoms with E-state index in [1.807, 2.05) is 43.4 Å². The smallest absolute Gasteiger partial charge is 0.298 e. The largest absolute Gasteiger partial charge is 0.493 e. The third-order valence-corrected chi connectivity index (χ3v) is 9.84. The first kappa shape index (κ1) is 23.1. The molecule has 3 fully saturated rings. The van der Waals surface area contributed by atoms with Crippen LogP contribution in [0.4, 0.5) is 0 Å². The number of carbonyl (C=O) groups is 1. The second kappa shape index (κ2) is 8.24. The van der Waals surface area contributed by atoms with Crippen molar-refractivity contribution in [2.45, 2.75) is 67.7 Å². The Hall–Kier alpha value is -3.01. The molecule has 6 heteroatoms. The standard InChI is InChI=1S/C31H34N2O4/c1-32(26(34)13-10-20-6-4-3-5-7-20)23-14-15-31(35)25-18-22-11-12-24(36-2)28-27(22)30(31,29(23)37-28)16-17-33(25)19-21-8-9-21/h3-7,11-12,21,23,25,29,35H,8-9,14-19H2,1-2H3/t23-,25+,29-,30-,31+/m0/s1. The maximum atomic E-state index is 13.3. The molecule has 2 heterocycles. The van der Waals surface area contributed by atoms with Gasteiger partial charge in [0.05, 0.1) is 24.2 Å². The van der Waals surface area contributed by atoms with Gasteiger partial charge in [-0.1, -0.05) is 30.2 Å². The van der Waals surface area contributed by atoms with Crippen LogP contribution >= 0.6 is 0 Å². The minimum Gasteiger partial charge on any atom is -0.493 e. The van der Waals surface area contributed by atoms with Crippen molar-refractivity contribution in [2.24, 2.45) is 5.92 Å². The number of benzene rings is 2. The molecule has 5 aliphatic rings. The number of likely N-dealkylation sites (N-methyl/N-ethyl adjacent to an activating group) is 1. The van der Waals surface area contributed by atoms with Crippen molar-refractivity contribution in [3.05, 3.63) is 59.2 Å². The van der Waals surface area contributed by atoms with Gasteiger partial charge >= 0.3 is 0 Å². The van der Waals surface area contributed by atoms with Crippen molar-refractivity contribution >= 4 is 5.91 Å². The summed E-state index contributed by atoms with van der Waals surface area (Å²) >= 11 is 0. The number of rotatable bonds is 4. The highest BCUT2D eigenvalue weighted by atomic mass is 16.5. The second-order valence-electron chi connectivity index (χ2n) is 11.6. The van der Waals surface area contributed by atoms with Gasteiger partial charge in [-0.3, -0.25) is 9.69 Å². The Morgan fingerprint density at radius 1 is 1.19 bits per heavy atom. The van der Waals surface area contributed by atoms with E-state index >= 15 is 0 Å². The van der Waals surface area contributed by atoms with Gasteiger partial charge in [0.25, 0.3) is 5.91 Å². The number of methoxy groups -OCH3 is 1. The summed E-state index contributed by atoms with van der Waals surface area (Å²) in [5.74, 6) is 7.87. The lowest BCUT2D eigenvalue weighted by molar-refractivity contribution is -0.199. The number of carbonyl (C=O) groups excluding carboxylic acids is 1. The number of likely N-dealkylation sites (tertiary alicyclic amines) is 1. The van der Waals surface area contributed by atoms with Crippen LogP contribution in [0, 0.1) is 17.8 Å². The van der Waals surface area contributed by atoms with E-state index in [1.165, 1.54) is 18.4 Å². The zero-order valence-corrected chi connectivity index (χ0v) is 21.6. The highest BCUT2D eigenvalue weighted by molar-refractivity contribution is 5.94. The van der Waals surface area contributed by atoms with Crippen molar-refractivity contribution < 1.29 is 19.4 Å². The monoisotopic (exact) mass is 498 g/mol. The first-order valence-corrected chi connectivity index (χ1v) is 13.6. The number of aliphatic hydroxyl groups is 1. The molecule has 2 saturated carbocycles. The molecule has 5 atom stereocenters. The van der Waals surface area contributed by atoms with Crippen molar-refractivity contribution in [3.63, 3.8) is 0 Å². The summed E-state index contributed by atoms with van der Waals surface area (Å²) in [5.41, 5.74) is 1.75. The van der Waals surface area contributed by atoms with E-state index in [0.29, 0.717) is 18.6 Å². The summed E-state index contributed by atoms with van der Waals surface area (Å²) < 4.78 is 12.5. The van der Waals surface area contributed by atoms with Gasteiger partial charge in [0.2, 0.25) is 0 Å². The molecule has 0 aromatic heterocycles. The Bertz CT molecular complexity index is 1310. The molecular weight excluding hydrogens is 464 g/mol. The summed E-state index contributed by atoms with van der Waals surface area (Å²) in [5, 5.41) is 12.7. The van der Waals surface area contributed by atoms with Crippen LogP contribution in [0.5, 0.6) is 11.5 Å². The molecule has 6 nitrogen and oxygen atoms in total. The molecule has 1 N–H and O–H groups in total. The van der Waals surface area contributed by atoms with E-state index in [4.69, 9.17) is 9.47 Å². The van der Waals surface area contributed by atoms with Crippen molar-refractivity contribution in [1.82, 2.24) is 9.80 Å². The predicted octanol–water partition coefficient (Wildman–Crippen LogP) is 3.14. The minimum atomic E-state index is -0.897. The maximum absolute atomic E-state index is 13.3. The zero-order valence-electron chi connectivity index (χ0n) is 21.6. The van der Waals surface area contributed by atoms with E-state index in [9.17, 15) is 9.90 Å². The molecule has 192 valence electrons. The molecule has 0 unspecified atom stereocenters. The Labute approximate surface area is 218 Å². The number of piperidine rings is 1. The van der Waals surface area contributed by atoms with Crippen LogP contribution in [0.15, 0.2) is 42.5 Å². The van der Waals surface area contributed by atoms with Gasteiger partial charge in [0.1, 0.15) is 6.10 Å². The molecule has 37 heavy (non-hydrogen) atoms. The summed E-state index contributed by atoms with van der Waals surface area (Å²) in [6, 6.07) is 13.6. The van der Waals surface area contributed by atoms with E-state index in [0.717, 1.165) is 48.7 Å². The SMILES string of the molecule is COc1ccc2c3c1O[C@H]1[C@@H](N(C)C(=O)C#Cc4ccccc4)CC[C@@]4(O)[C@@H](C2)N(CC2CC2)CC[C@]314. The fourth-order valence-corrected chi connectivity index (χ4v) is 7.89. The molecule has 2 aliphatic heterocycles. The van der Waals surface area contributed by atoms with Crippen LogP contribution in [0.3, 0.4) is 0 Å². The van der Waals surface area contributed by atoms with Crippen LogP contribution in [0.2, 0.25) is 0 Å². The van der Waals surface area contributed by atoms with Crippen LogP contribution in [0.1, 0.15) is 48.8 Å². The molecule has 2 aromatic rings. The minimum absolute atomic E-state index is 0.0691. The molecule has 2 bridgehead atoms. The first-order valence-electron chi connectivity index (χ1n) is 13.6. The van der Waals surface area contributed by atoms with E-state index in [1.54, 1.807) is 12.0 Å². The van der Waals surface area contributed by atoms with E-state index in [2.05, 4.69) is 22.8 Å². The van der Waals surface area contributed by atoms with Crippen LogP contribution < -0.4 is 9.47 Å². The number of hydrogen-bond acceptors (Lipinski definition) is 5. The first-order chi connectivity index (χ1) is 18.0. The summed E-state index contributed by atoms with van der Waals surface area (Å²) in [7, 11) is 3.50. The number of hydrogen-bond donors (Lipinski definition) is 1. The topological polar surface area (TPSA) is 62.2 Å². The highest BCUT2D eigenvalue weighted by Gasteiger charge is 2.73. The predicted molar refractivity (Wildman–Crippen MR) is 140 cm³/mol. The molecule has 1 amide bonds. The molecule has 1 spiro atoms. The normalized spacial score (nSPS) is 33.0. The van der Waals surface area contributed by atoms with Gasteiger partial charge in [-0.05, 0) is 74.8 Å². The quantitative estimate of drug-likeness (QED) is 0.657. The molecule has 3 aliphatic carbocycles. The zero-order chi connectivity index (χ0) is 25.4. The Balaban J connectivity index is 1.28. The Morgan fingerprint density at radius 3 is 2.76 bits per heavy atom. The number of amides is 1. The van der Waals surface area contributed by atoms with Gasteiger partial charge in [-0.2, -0.15) is 0 Å². The third-order valence-electron chi connectivity index (χ3n) is 9.84. The van der Waals surface area contributed by atoms with Crippen LogP contribution in [-0.2, 0) is 16.6 Å².